The number of ether oxygens (including phenoxy) is 2. The van der Waals surface area contributed by atoms with Crippen LogP contribution in [0.1, 0.15) is 24.5 Å². The van der Waals surface area contributed by atoms with Crippen molar-refractivity contribution in [2.45, 2.75) is 32.2 Å². The van der Waals surface area contributed by atoms with Gasteiger partial charge >= 0.3 is 0 Å². The van der Waals surface area contributed by atoms with Crippen molar-refractivity contribution in [3.63, 3.8) is 0 Å². The molecule has 1 heterocycles. The van der Waals surface area contributed by atoms with E-state index >= 15 is 0 Å². The molecule has 1 aliphatic heterocycles. The van der Waals surface area contributed by atoms with Crippen molar-refractivity contribution in [2.24, 2.45) is 0 Å². The van der Waals surface area contributed by atoms with Gasteiger partial charge in [-0.1, -0.05) is 24.3 Å². The Morgan fingerprint density at radius 3 is 2.42 bits per heavy atom. The van der Waals surface area contributed by atoms with Crippen molar-refractivity contribution in [3.05, 3.63) is 53.6 Å². The Morgan fingerprint density at radius 1 is 1.08 bits per heavy atom. The van der Waals surface area contributed by atoms with Crippen molar-refractivity contribution in [2.75, 3.05) is 19.1 Å². The fourth-order valence-corrected chi connectivity index (χ4v) is 3.47. The first-order valence-electron chi connectivity index (χ1n) is 8.25. The molecule has 0 bridgehead atoms. The maximum Gasteiger partial charge on any atom is 0.227 e. The fourth-order valence-electron chi connectivity index (χ4n) is 3.47. The predicted octanol–water partition coefficient (Wildman–Crippen LogP) is 3.61. The van der Waals surface area contributed by atoms with Crippen molar-refractivity contribution in [1.29, 1.82) is 0 Å². The molecular weight excluding hydrogens is 302 g/mol. The number of amides is 1. The number of nitrogens with zero attached hydrogens (tertiary/aromatic N) is 1. The van der Waals surface area contributed by atoms with Gasteiger partial charge in [0.2, 0.25) is 5.91 Å². The van der Waals surface area contributed by atoms with E-state index in [-0.39, 0.29) is 11.9 Å². The van der Waals surface area contributed by atoms with Gasteiger partial charge in [0.15, 0.2) is 0 Å². The van der Waals surface area contributed by atoms with E-state index in [1.54, 1.807) is 14.2 Å². The van der Waals surface area contributed by atoms with Crippen LogP contribution in [0, 0.1) is 0 Å². The lowest BCUT2D eigenvalue weighted by atomic mass is 10.1. The molecule has 1 amide bonds. The molecule has 1 aliphatic rings. The van der Waals surface area contributed by atoms with E-state index in [4.69, 9.17) is 9.47 Å². The van der Waals surface area contributed by atoms with Gasteiger partial charge < -0.3 is 14.4 Å². The van der Waals surface area contributed by atoms with E-state index in [1.165, 1.54) is 5.56 Å². The zero-order chi connectivity index (χ0) is 17.1. The van der Waals surface area contributed by atoms with Crippen LogP contribution in [-0.4, -0.2) is 26.2 Å². The van der Waals surface area contributed by atoms with Gasteiger partial charge in [-0.05, 0) is 43.5 Å². The van der Waals surface area contributed by atoms with E-state index in [2.05, 4.69) is 13.0 Å². The number of para-hydroxylation sites is 1. The summed E-state index contributed by atoms with van der Waals surface area (Å²) in [7, 11) is 3.28. The highest BCUT2D eigenvalue weighted by Gasteiger charge is 2.30. The summed E-state index contributed by atoms with van der Waals surface area (Å²) in [6, 6.07) is 14.0. The summed E-state index contributed by atoms with van der Waals surface area (Å²) < 4.78 is 10.8. The van der Waals surface area contributed by atoms with Crippen LogP contribution in [-0.2, 0) is 17.6 Å². The maximum atomic E-state index is 12.8. The lowest BCUT2D eigenvalue weighted by Crippen LogP contribution is -2.35. The third-order valence-corrected chi connectivity index (χ3v) is 4.59. The first kappa shape index (κ1) is 16.4. The van der Waals surface area contributed by atoms with Crippen LogP contribution in [0.5, 0.6) is 11.5 Å². The number of methoxy groups -OCH3 is 2. The monoisotopic (exact) mass is 325 g/mol. The van der Waals surface area contributed by atoms with Gasteiger partial charge in [0.1, 0.15) is 11.5 Å². The van der Waals surface area contributed by atoms with Gasteiger partial charge in [-0.3, -0.25) is 4.79 Å². The summed E-state index contributed by atoms with van der Waals surface area (Å²) >= 11 is 0. The number of carbonyl (C=O) groups is 1. The topological polar surface area (TPSA) is 38.8 Å². The number of hydrogen-bond acceptors (Lipinski definition) is 3. The van der Waals surface area contributed by atoms with E-state index in [0.29, 0.717) is 12.8 Å². The minimum absolute atomic E-state index is 0.139. The molecule has 0 saturated carbocycles. The number of carbonyl (C=O) groups excluding carboxylic acids is 1. The van der Waals surface area contributed by atoms with E-state index in [0.717, 1.165) is 29.2 Å². The second-order valence-corrected chi connectivity index (χ2v) is 6.09. The minimum atomic E-state index is 0.139. The molecule has 4 heteroatoms. The molecular formula is C20H23NO3. The van der Waals surface area contributed by atoms with Crippen LogP contribution in [0.25, 0.3) is 0 Å². The van der Waals surface area contributed by atoms with Crippen LogP contribution in [0.15, 0.2) is 42.5 Å². The molecule has 1 atom stereocenters. The number of benzene rings is 2. The Kier molecular flexibility index (Phi) is 4.74. The highest BCUT2D eigenvalue weighted by atomic mass is 16.5. The molecule has 126 valence electrons. The summed E-state index contributed by atoms with van der Waals surface area (Å²) in [5.41, 5.74) is 3.23. The average Bonchev–Trinajstić information content (AvgIpc) is 2.95. The van der Waals surface area contributed by atoms with Gasteiger partial charge in [-0.15, -0.1) is 0 Å². The Balaban J connectivity index is 1.77. The second kappa shape index (κ2) is 6.95. The van der Waals surface area contributed by atoms with E-state index in [1.807, 2.05) is 41.3 Å². The summed E-state index contributed by atoms with van der Waals surface area (Å²) in [6.45, 7) is 2.10. The smallest absolute Gasteiger partial charge is 0.227 e. The molecule has 0 spiro atoms. The van der Waals surface area contributed by atoms with Gasteiger partial charge in [0.25, 0.3) is 0 Å². The third kappa shape index (κ3) is 2.96. The van der Waals surface area contributed by atoms with Crippen LogP contribution in [0.2, 0.25) is 0 Å². The van der Waals surface area contributed by atoms with Crippen LogP contribution < -0.4 is 14.4 Å². The summed E-state index contributed by atoms with van der Waals surface area (Å²) in [5.74, 6) is 1.66. The van der Waals surface area contributed by atoms with E-state index in [9.17, 15) is 4.79 Å². The lowest BCUT2D eigenvalue weighted by Gasteiger charge is -2.23. The largest absolute Gasteiger partial charge is 0.496 e. The molecule has 0 N–H and O–H groups in total. The molecule has 3 rings (SSSR count). The second-order valence-electron chi connectivity index (χ2n) is 6.09. The van der Waals surface area contributed by atoms with Crippen LogP contribution >= 0.6 is 0 Å². The molecule has 4 nitrogen and oxygen atoms in total. The molecule has 0 fully saturated rings. The zero-order valence-corrected chi connectivity index (χ0v) is 14.4. The molecule has 0 aliphatic carbocycles. The average molecular weight is 325 g/mol. The van der Waals surface area contributed by atoms with Crippen LogP contribution in [0.4, 0.5) is 5.69 Å². The van der Waals surface area contributed by atoms with Gasteiger partial charge in [-0.25, -0.2) is 0 Å². The Labute approximate surface area is 143 Å². The summed E-state index contributed by atoms with van der Waals surface area (Å²) in [6.07, 6.45) is 1.94. The first-order chi connectivity index (χ1) is 11.7. The lowest BCUT2D eigenvalue weighted by molar-refractivity contribution is -0.118. The van der Waals surface area contributed by atoms with E-state index < -0.39 is 0 Å². The molecule has 0 saturated heterocycles. The first-order valence-corrected chi connectivity index (χ1v) is 8.25. The number of hydrogen-bond donors (Lipinski definition) is 0. The molecule has 0 aromatic heterocycles. The summed E-state index contributed by atoms with van der Waals surface area (Å²) in [4.78, 5) is 14.8. The molecule has 2 aromatic rings. The standard InChI is InChI=1S/C20H23NO3/c1-14-13-15-7-4-5-8-17(15)21(14)20(22)12-11-16-18(23-2)9-6-10-19(16)24-3/h4-10,14H,11-13H2,1-3H3/t14-/m0/s1. The molecule has 24 heavy (non-hydrogen) atoms. The molecule has 0 radical (unpaired) electrons. The van der Waals surface area contributed by atoms with Crippen molar-refractivity contribution < 1.29 is 14.3 Å². The van der Waals surface area contributed by atoms with Crippen molar-refractivity contribution in [3.8, 4) is 11.5 Å². The highest BCUT2D eigenvalue weighted by molar-refractivity contribution is 5.96. The predicted molar refractivity (Wildman–Crippen MR) is 95.0 cm³/mol. The number of anilines is 1. The van der Waals surface area contributed by atoms with Gasteiger partial charge in [-0.2, -0.15) is 0 Å². The molecule has 0 unspecified atom stereocenters. The van der Waals surface area contributed by atoms with Crippen molar-refractivity contribution >= 4 is 11.6 Å². The Hall–Kier alpha value is -2.49. The van der Waals surface area contributed by atoms with Crippen molar-refractivity contribution in [1.82, 2.24) is 0 Å². The number of rotatable bonds is 5. The number of fused-ring (bicyclic) bond motifs is 1. The molecule has 2 aromatic carbocycles. The van der Waals surface area contributed by atoms with Crippen LogP contribution in [0.3, 0.4) is 0 Å². The SMILES string of the molecule is COc1cccc(OC)c1CCC(=O)N1c2ccccc2C[C@@H]1C. The summed E-state index contributed by atoms with van der Waals surface area (Å²) in [5, 5.41) is 0. The normalized spacial score (nSPS) is 16.0. The Bertz CT molecular complexity index is 719. The minimum Gasteiger partial charge on any atom is -0.496 e. The third-order valence-electron chi connectivity index (χ3n) is 4.59. The quantitative estimate of drug-likeness (QED) is 0.843. The highest BCUT2D eigenvalue weighted by Crippen LogP contribution is 2.34. The Morgan fingerprint density at radius 2 is 1.75 bits per heavy atom. The van der Waals surface area contributed by atoms with Gasteiger partial charge in [0, 0.05) is 23.7 Å². The van der Waals surface area contributed by atoms with Gasteiger partial charge in [0.05, 0.1) is 14.2 Å². The fraction of sp³-hybridized carbons (Fsp3) is 0.350. The maximum absolute atomic E-state index is 12.8. The zero-order valence-electron chi connectivity index (χ0n) is 14.4.